The van der Waals surface area contributed by atoms with Crippen molar-refractivity contribution in [3.63, 3.8) is 0 Å². The van der Waals surface area contributed by atoms with Crippen molar-refractivity contribution in [2.75, 3.05) is 77.3 Å². The van der Waals surface area contributed by atoms with E-state index in [1.165, 1.54) is 6.92 Å². The van der Waals surface area contributed by atoms with Crippen molar-refractivity contribution in [3.8, 4) is 0 Å². The highest BCUT2D eigenvalue weighted by molar-refractivity contribution is 7.86. The number of rotatable bonds is 27. The zero-order valence-corrected chi connectivity index (χ0v) is 27.4. The Labute approximate surface area is 239 Å². The highest BCUT2D eigenvalue weighted by Gasteiger charge is 2.29. The van der Waals surface area contributed by atoms with Gasteiger partial charge in [-0.05, 0) is 58.2 Å². The number of ether oxygens (including phenoxy) is 3. The largest absolute Gasteiger partial charge is 0.457 e. The van der Waals surface area contributed by atoms with Crippen LogP contribution < -0.4 is 0 Å². The van der Waals surface area contributed by atoms with Gasteiger partial charge in [-0.2, -0.15) is 16.8 Å². The lowest BCUT2D eigenvalue weighted by atomic mass is 10.2. The first kappa shape index (κ1) is 38.7. The monoisotopic (exact) mass is 635 g/mol. The van der Waals surface area contributed by atoms with Gasteiger partial charge in [0.2, 0.25) is 10.5 Å². The van der Waals surface area contributed by atoms with E-state index < -0.39 is 28.6 Å². The molecule has 0 aliphatic rings. The van der Waals surface area contributed by atoms with Crippen molar-refractivity contribution in [1.82, 2.24) is 0 Å². The number of quaternary nitrogens is 1. The third kappa shape index (κ3) is 25.2. The number of carbonyl (C=O) groups is 1. The Morgan fingerprint density at radius 2 is 1.15 bits per heavy atom. The van der Waals surface area contributed by atoms with Crippen molar-refractivity contribution in [2.45, 2.75) is 64.6 Å². The fourth-order valence-corrected chi connectivity index (χ4v) is 6.60. The third-order valence-electron chi connectivity index (χ3n) is 6.31. The zero-order chi connectivity index (χ0) is 29.8. The molecular weight excluding hydrogens is 587 g/mol. The van der Waals surface area contributed by atoms with Gasteiger partial charge in [0.05, 0.1) is 70.8 Å². The summed E-state index contributed by atoms with van der Waals surface area (Å²) < 4.78 is 85.6. The molecule has 2 N–H and O–H groups in total. The van der Waals surface area contributed by atoms with Gasteiger partial charge in [-0.15, -0.1) is 0 Å². The first-order chi connectivity index (χ1) is 18.1. The fraction of sp³-hybridized carbons (Fsp3) is 0.957. The van der Waals surface area contributed by atoms with Gasteiger partial charge in [0.25, 0.3) is 20.2 Å². The van der Waals surface area contributed by atoms with Gasteiger partial charge in [-0.3, -0.25) is 13.9 Å². The highest BCUT2D eigenvalue weighted by Crippen LogP contribution is 2.19. The predicted octanol–water partition coefficient (Wildman–Crippen LogP) is 1.86. The Kier molecular flexibility index (Phi) is 20.4. The summed E-state index contributed by atoms with van der Waals surface area (Å²) in [5.74, 6) is -0.531. The molecule has 0 atom stereocenters. The maximum absolute atomic E-state index is 11.2. The number of Topliss-reactive ketones (excluding diaryl/α,β-unsaturated/α-hetero) is 1. The molecule has 0 saturated carbocycles. The van der Waals surface area contributed by atoms with E-state index in [4.69, 9.17) is 27.4 Å². The van der Waals surface area contributed by atoms with Crippen molar-refractivity contribution >= 4 is 44.8 Å². The lowest BCUT2D eigenvalue weighted by Crippen LogP contribution is -2.52. The summed E-state index contributed by atoms with van der Waals surface area (Å²) in [4.78, 5) is 10.9. The SMILES string of the molecule is CC(=O)CCOCCOCCOCC[N+](CCCCS(=O)(=O)O)(CCCCS(=O)(=O)O)CCC[Si](C)(C)O[Si]. The Morgan fingerprint density at radius 3 is 1.59 bits per heavy atom. The quantitative estimate of drug-likeness (QED) is 0.0586. The van der Waals surface area contributed by atoms with Crippen LogP contribution in [0.25, 0.3) is 0 Å². The summed E-state index contributed by atoms with van der Waals surface area (Å²) in [6.45, 7) is 10.8. The first-order valence-electron chi connectivity index (χ1n) is 13.4. The van der Waals surface area contributed by atoms with Crippen LogP contribution in [0.4, 0.5) is 0 Å². The lowest BCUT2D eigenvalue weighted by Gasteiger charge is -2.40. The summed E-state index contributed by atoms with van der Waals surface area (Å²) in [5, 5.41) is 0. The molecule has 231 valence electrons. The van der Waals surface area contributed by atoms with Gasteiger partial charge in [-0.1, -0.05) is 0 Å². The molecule has 0 bridgehead atoms. The van der Waals surface area contributed by atoms with Crippen molar-refractivity contribution in [1.29, 1.82) is 0 Å². The summed E-state index contributed by atoms with van der Waals surface area (Å²) in [6.07, 6.45) is 3.03. The van der Waals surface area contributed by atoms with Crippen LogP contribution in [0, 0.1) is 0 Å². The fourth-order valence-electron chi connectivity index (χ4n) is 4.04. The van der Waals surface area contributed by atoms with Crippen LogP contribution >= 0.6 is 0 Å². The van der Waals surface area contributed by atoms with E-state index in [9.17, 15) is 21.6 Å². The Morgan fingerprint density at radius 1 is 0.718 bits per heavy atom. The predicted molar refractivity (Wildman–Crippen MR) is 153 cm³/mol. The smallest absolute Gasteiger partial charge is 0.264 e. The molecule has 0 aromatic heterocycles. The molecule has 0 spiro atoms. The van der Waals surface area contributed by atoms with E-state index in [-0.39, 0.29) is 17.3 Å². The van der Waals surface area contributed by atoms with Crippen LogP contribution in [0.1, 0.15) is 45.4 Å². The van der Waals surface area contributed by atoms with E-state index in [0.29, 0.717) is 95.9 Å². The Bertz CT molecular complexity index is 831. The topological polar surface area (TPSA) is 163 Å². The summed E-state index contributed by atoms with van der Waals surface area (Å²) in [7, 11) is -6.77. The molecule has 12 nitrogen and oxygen atoms in total. The van der Waals surface area contributed by atoms with Gasteiger partial charge in [0.1, 0.15) is 12.3 Å². The molecule has 0 heterocycles. The minimum Gasteiger partial charge on any atom is -0.457 e. The maximum atomic E-state index is 11.2. The Hall–Kier alpha value is -0.276. The molecule has 16 heteroatoms. The second kappa shape index (κ2) is 20.6. The average Bonchev–Trinajstić information content (AvgIpc) is 2.81. The molecule has 0 saturated heterocycles. The molecule has 0 aliphatic carbocycles. The van der Waals surface area contributed by atoms with Crippen molar-refractivity contribution in [3.05, 3.63) is 0 Å². The average molecular weight is 636 g/mol. The number of hydrogen-bond acceptors (Lipinski definition) is 9. The van der Waals surface area contributed by atoms with Gasteiger partial charge >= 0.3 is 0 Å². The highest BCUT2D eigenvalue weighted by atomic mass is 32.2. The third-order valence-corrected chi connectivity index (χ3v) is 11.7. The normalized spacial score (nSPS) is 13.2. The van der Waals surface area contributed by atoms with Crippen LogP contribution in [-0.2, 0) is 43.4 Å². The minimum absolute atomic E-state index is 0.0813. The van der Waals surface area contributed by atoms with Crippen LogP contribution in [0.15, 0.2) is 0 Å². The molecule has 0 amide bonds. The minimum atomic E-state index is -4.04. The van der Waals surface area contributed by atoms with Crippen LogP contribution in [0.2, 0.25) is 19.1 Å². The van der Waals surface area contributed by atoms with E-state index in [1.807, 2.05) is 0 Å². The molecule has 0 fully saturated rings. The maximum Gasteiger partial charge on any atom is 0.264 e. The van der Waals surface area contributed by atoms with E-state index in [2.05, 4.69) is 23.6 Å². The van der Waals surface area contributed by atoms with Crippen molar-refractivity contribution < 1.29 is 53.5 Å². The molecule has 0 aromatic rings. The summed E-state index contributed by atoms with van der Waals surface area (Å²) in [5.41, 5.74) is 0. The number of carbonyl (C=O) groups excluding carboxylic acids is 1. The lowest BCUT2D eigenvalue weighted by molar-refractivity contribution is -0.929. The van der Waals surface area contributed by atoms with Gasteiger partial charge in [-0.25, -0.2) is 0 Å². The summed E-state index contributed by atoms with van der Waals surface area (Å²) >= 11 is 0. The second-order valence-corrected chi connectivity index (χ2v) is 18.5. The molecule has 0 unspecified atom stereocenters. The van der Waals surface area contributed by atoms with Gasteiger partial charge in [0, 0.05) is 6.42 Å². The van der Waals surface area contributed by atoms with Gasteiger partial charge < -0.3 is 22.8 Å². The zero-order valence-electron chi connectivity index (χ0n) is 23.8. The molecular formula is C23H49NO11S2Si2+. The second-order valence-electron chi connectivity index (χ2n) is 10.5. The number of hydrogen-bond donors (Lipinski definition) is 2. The molecule has 0 aromatic carbocycles. The van der Waals surface area contributed by atoms with Gasteiger partial charge in [0.15, 0.2) is 8.32 Å². The van der Waals surface area contributed by atoms with Crippen LogP contribution in [0.3, 0.4) is 0 Å². The number of unbranched alkanes of at least 4 members (excludes halogenated alkanes) is 2. The van der Waals surface area contributed by atoms with E-state index >= 15 is 0 Å². The summed E-state index contributed by atoms with van der Waals surface area (Å²) in [6, 6.07) is 0.899. The molecule has 0 aliphatic heterocycles. The molecule has 0 rings (SSSR count). The van der Waals surface area contributed by atoms with Crippen LogP contribution in [-0.4, -0.2) is 132 Å². The first-order valence-corrected chi connectivity index (χ1v) is 20.2. The van der Waals surface area contributed by atoms with Crippen LogP contribution in [0.5, 0.6) is 0 Å². The standard InChI is InChI=1S/C23H48NO11S2Si2/c1-23(25)9-14-32-16-18-34-19-17-33-15-13-24(10-4-6-20-36(26,27)28,11-5-7-21-37(29,30)31)12-8-22-39(2,3)35-38/h4-22H2,1-3H3,(H-,26,27,28,29,30,31)/p+1. The molecule has 39 heavy (non-hydrogen) atoms. The van der Waals surface area contributed by atoms with E-state index in [0.717, 1.165) is 19.0 Å². The Balaban J connectivity index is 4.97. The van der Waals surface area contributed by atoms with E-state index in [1.54, 1.807) is 0 Å². The molecule has 3 radical (unpaired) electrons. The number of nitrogens with zero attached hydrogens (tertiary/aromatic N) is 1. The van der Waals surface area contributed by atoms with Crippen molar-refractivity contribution in [2.24, 2.45) is 0 Å². The number of ketones is 1.